The molecule has 0 unspecified atom stereocenters. The Balaban J connectivity index is 0.000000491. The number of hydrogen-bond acceptors (Lipinski definition) is 1. The molecule has 0 aliphatic heterocycles. The average Bonchev–Trinajstić information content (AvgIpc) is 2.38. The lowest BCUT2D eigenvalue weighted by Gasteiger charge is -2.24. The minimum Gasteiger partial charge on any atom is -0.248 e. The maximum atomic E-state index is 12.9. The fourth-order valence-corrected chi connectivity index (χ4v) is 2.54. The standard InChI is InChI=1S/C13H16F3N.C4H10/c1-9-7-8-11(10-5-3-2-4-6-10)12(17-9)13(14,15)16;1-4(2)3/h7-8,10H,2-6H2,1H3;4H,1-3H3. The fraction of sp³-hybridized carbons (Fsp3) is 0.706. The zero-order chi connectivity index (χ0) is 16.0. The maximum absolute atomic E-state index is 12.9. The van der Waals surface area contributed by atoms with E-state index in [1.54, 1.807) is 19.1 Å². The lowest BCUT2D eigenvalue weighted by Crippen LogP contribution is -2.16. The van der Waals surface area contributed by atoms with Crippen LogP contribution >= 0.6 is 0 Å². The van der Waals surface area contributed by atoms with Crippen LogP contribution in [-0.4, -0.2) is 4.98 Å². The number of rotatable bonds is 1. The van der Waals surface area contributed by atoms with Crippen LogP contribution in [0, 0.1) is 12.8 Å². The van der Waals surface area contributed by atoms with E-state index in [-0.39, 0.29) is 5.92 Å². The first kappa shape index (κ1) is 18.0. The molecule has 0 radical (unpaired) electrons. The molecule has 0 saturated heterocycles. The molecule has 0 atom stereocenters. The van der Waals surface area contributed by atoms with Gasteiger partial charge in [0.1, 0.15) is 5.69 Å². The molecule has 120 valence electrons. The van der Waals surface area contributed by atoms with E-state index in [0.717, 1.165) is 38.0 Å². The number of pyridine rings is 1. The molecule has 1 aliphatic rings. The van der Waals surface area contributed by atoms with Gasteiger partial charge in [-0.15, -0.1) is 0 Å². The Bertz CT molecular complexity index is 429. The summed E-state index contributed by atoms with van der Waals surface area (Å²) in [6, 6.07) is 3.29. The van der Waals surface area contributed by atoms with Gasteiger partial charge in [-0.3, -0.25) is 0 Å². The predicted octanol–water partition coefficient (Wildman–Crippen LogP) is 6.12. The second-order valence-corrected chi connectivity index (χ2v) is 6.46. The van der Waals surface area contributed by atoms with Gasteiger partial charge in [0.25, 0.3) is 0 Å². The van der Waals surface area contributed by atoms with Gasteiger partial charge >= 0.3 is 6.18 Å². The molecule has 21 heavy (non-hydrogen) atoms. The summed E-state index contributed by atoms with van der Waals surface area (Å²) in [7, 11) is 0. The lowest BCUT2D eigenvalue weighted by molar-refractivity contribution is -0.142. The van der Waals surface area contributed by atoms with Crippen molar-refractivity contribution in [3.8, 4) is 0 Å². The highest BCUT2D eigenvalue weighted by Crippen LogP contribution is 2.39. The molecule has 1 heterocycles. The SMILES string of the molecule is CC(C)C.Cc1ccc(C2CCCCC2)c(C(F)(F)F)n1. The van der Waals surface area contributed by atoms with Gasteiger partial charge in [-0.25, -0.2) is 4.98 Å². The van der Waals surface area contributed by atoms with Crippen molar-refractivity contribution in [3.63, 3.8) is 0 Å². The van der Waals surface area contributed by atoms with Gasteiger partial charge < -0.3 is 0 Å². The van der Waals surface area contributed by atoms with Gasteiger partial charge in [0.2, 0.25) is 0 Å². The summed E-state index contributed by atoms with van der Waals surface area (Å²) >= 11 is 0. The van der Waals surface area contributed by atoms with Crippen LogP contribution in [0.2, 0.25) is 0 Å². The van der Waals surface area contributed by atoms with Crippen molar-refractivity contribution in [2.75, 3.05) is 0 Å². The molecule has 0 aromatic carbocycles. The molecule has 1 nitrogen and oxygen atoms in total. The van der Waals surface area contributed by atoms with Crippen molar-refractivity contribution in [1.82, 2.24) is 4.98 Å². The number of alkyl halides is 3. The highest BCUT2D eigenvalue weighted by atomic mass is 19.4. The van der Waals surface area contributed by atoms with Gasteiger partial charge in [-0.05, 0) is 43.2 Å². The van der Waals surface area contributed by atoms with Crippen LogP contribution in [0.5, 0.6) is 0 Å². The molecular weight excluding hydrogens is 275 g/mol. The largest absolute Gasteiger partial charge is 0.433 e. The van der Waals surface area contributed by atoms with Gasteiger partial charge in [-0.1, -0.05) is 46.1 Å². The summed E-state index contributed by atoms with van der Waals surface area (Å²) in [4.78, 5) is 3.69. The molecule has 0 spiro atoms. The normalized spacial score (nSPS) is 16.6. The smallest absolute Gasteiger partial charge is 0.248 e. The van der Waals surface area contributed by atoms with E-state index in [1.165, 1.54) is 0 Å². The van der Waals surface area contributed by atoms with Gasteiger partial charge in [0.05, 0.1) is 0 Å². The summed E-state index contributed by atoms with van der Waals surface area (Å²) in [5.74, 6) is 0.869. The Kier molecular flexibility index (Phi) is 6.69. The summed E-state index contributed by atoms with van der Waals surface area (Å²) in [6.07, 6.45) is 0.559. The Labute approximate surface area is 126 Å². The second-order valence-electron chi connectivity index (χ2n) is 6.46. The van der Waals surface area contributed by atoms with E-state index in [9.17, 15) is 13.2 Å². The van der Waals surface area contributed by atoms with Crippen LogP contribution in [0.1, 0.15) is 75.7 Å². The van der Waals surface area contributed by atoms with Crippen LogP contribution in [0.25, 0.3) is 0 Å². The first-order valence-electron chi connectivity index (χ1n) is 7.76. The Morgan fingerprint density at radius 3 is 2.05 bits per heavy atom. The van der Waals surface area contributed by atoms with E-state index in [4.69, 9.17) is 0 Å². The molecule has 1 aromatic heterocycles. The third-order valence-electron chi connectivity index (χ3n) is 3.38. The highest BCUT2D eigenvalue weighted by Gasteiger charge is 2.37. The predicted molar refractivity (Wildman–Crippen MR) is 80.3 cm³/mol. The lowest BCUT2D eigenvalue weighted by atomic mass is 9.83. The molecule has 0 bridgehead atoms. The molecular formula is C17H26F3N. The van der Waals surface area contributed by atoms with E-state index in [2.05, 4.69) is 25.8 Å². The van der Waals surface area contributed by atoms with Crippen LogP contribution in [0.3, 0.4) is 0 Å². The minimum absolute atomic E-state index is 0.0356. The van der Waals surface area contributed by atoms with E-state index in [0.29, 0.717) is 11.3 Å². The number of nitrogens with zero attached hydrogens (tertiary/aromatic N) is 1. The highest BCUT2D eigenvalue weighted by molar-refractivity contribution is 5.29. The van der Waals surface area contributed by atoms with Crippen LogP contribution < -0.4 is 0 Å². The Morgan fingerprint density at radius 1 is 1.05 bits per heavy atom. The van der Waals surface area contributed by atoms with Gasteiger partial charge in [-0.2, -0.15) is 13.2 Å². The van der Waals surface area contributed by atoms with Crippen molar-refractivity contribution in [1.29, 1.82) is 0 Å². The zero-order valence-electron chi connectivity index (χ0n) is 13.4. The quantitative estimate of drug-likeness (QED) is 0.609. The van der Waals surface area contributed by atoms with Gasteiger partial charge in [0, 0.05) is 5.69 Å². The van der Waals surface area contributed by atoms with E-state index in [1.807, 2.05) is 0 Å². The maximum Gasteiger partial charge on any atom is 0.433 e. The van der Waals surface area contributed by atoms with Crippen molar-refractivity contribution in [3.05, 3.63) is 29.1 Å². The molecule has 1 saturated carbocycles. The summed E-state index contributed by atoms with van der Waals surface area (Å²) in [6.45, 7) is 8.10. The monoisotopic (exact) mass is 301 g/mol. The number of aromatic nitrogens is 1. The van der Waals surface area contributed by atoms with Crippen molar-refractivity contribution < 1.29 is 13.2 Å². The molecule has 4 heteroatoms. The Hall–Kier alpha value is -1.06. The molecule has 0 amide bonds. The number of aryl methyl sites for hydroxylation is 1. The number of hydrogen-bond donors (Lipinski definition) is 0. The first-order chi connectivity index (χ1) is 9.71. The summed E-state index contributed by atoms with van der Waals surface area (Å²) in [5.41, 5.74) is 0.143. The van der Waals surface area contributed by atoms with Crippen LogP contribution in [-0.2, 0) is 6.18 Å². The second kappa shape index (κ2) is 7.81. The number of halogens is 3. The summed E-state index contributed by atoms with van der Waals surface area (Å²) in [5, 5.41) is 0. The fourth-order valence-electron chi connectivity index (χ4n) is 2.54. The Morgan fingerprint density at radius 2 is 1.57 bits per heavy atom. The molecule has 1 aromatic rings. The molecule has 1 aliphatic carbocycles. The van der Waals surface area contributed by atoms with E-state index < -0.39 is 11.9 Å². The zero-order valence-corrected chi connectivity index (χ0v) is 13.4. The van der Waals surface area contributed by atoms with Crippen molar-refractivity contribution in [2.45, 2.75) is 71.9 Å². The third kappa shape index (κ3) is 6.06. The molecule has 2 rings (SSSR count). The van der Waals surface area contributed by atoms with Crippen molar-refractivity contribution in [2.24, 2.45) is 5.92 Å². The first-order valence-corrected chi connectivity index (χ1v) is 7.76. The summed E-state index contributed by atoms with van der Waals surface area (Å²) < 4.78 is 38.8. The van der Waals surface area contributed by atoms with Gasteiger partial charge in [0.15, 0.2) is 0 Å². The van der Waals surface area contributed by atoms with Crippen LogP contribution in [0.15, 0.2) is 12.1 Å². The minimum atomic E-state index is -4.33. The third-order valence-corrected chi connectivity index (χ3v) is 3.38. The van der Waals surface area contributed by atoms with Crippen molar-refractivity contribution >= 4 is 0 Å². The molecule has 0 N–H and O–H groups in total. The van der Waals surface area contributed by atoms with E-state index >= 15 is 0 Å². The topological polar surface area (TPSA) is 12.9 Å². The average molecular weight is 301 g/mol. The van der Waals surface area contributed by atoms with Crippen LogP contribution in [0.4, 0.5) is 13.2 Å². The molecule has 1 fully saturated rings.